The van der Waals surface area contributed by atoms with Gasteiger partial charge in [-0.3, -0.25) is 4.79 Å². The van der Waals surface area contributed by atoms with Crippen molar-refractivity contribution in [2.45, 2.75) is 64.5 Å². The van der Waals surface area contributed by atoms with Crippen LogP contribution in [0.15, 0.2) is 35.1 Å². The van der Waals surface area contributed by atoms with Crippen LogP contribution in [0.2, 0.25) is 0 Å². The number of carbonyl (C=O) groups excluding carboxylic acids is 1. The van der Waals surface area contributed by atoms with Crippen LogP contribution in [0.5, 0.6) is 0 Å². The van der Waals surface area contributed by atoms with Crippen LogP contribution < -0.4 is 5.32 Å². The first kappa shape index (κ1) is 20.6. The van der Waals surface area contributed by atoms with Gasteiger partial charge < -0.3 is 14.5 Å². The van der Waals surface area contributed by atoms with Gasteiger partial charge in [-0.25, -0.2) is 9.67 Å². The third kappa shape index (κ3) is 4.56. The van der Waals surface area contributed by atoms with Crippen LogP contribution in [0.4, 0.5) is 0 Å². The van der Waals surface area contributed by atoms with Crippen LogP contribution in [0.1, 0.15) is 68.8 Å². The Bertz CT molecular complexity index is 972. The highest BCUT2D eigenvalue weighted by Gasteiger charge is 2.19. The van der Waals surface area contributed by atoms with Gasteiger partial charge >= 0.3 is 0 Å². The summed E-state index contributed by atoms with van der Waals surface area (Å²) in [5.41, 5.74) is 1.87. The number of carbonyl (C=O) groups is 1. The van der Waals surface area contributed by atoms with Crippen LogP contribution in [-0.4, -0.2) is 39.9 Å². The molecule has 1 N–H and O–H groups in total. The van der Waals surface area contributed by atoms with Gasteiger partial charge in [-0.15, -0.1) is 0 Å². The molecule has 1 amide bonds. The molecule has 0 unspecified atom stereocenters. The SMILES string of the molecule is CC(C)n1ncc2c(C(=O)NCCCOC3CCCCC3)cc(-c3ccco3)nc21. The predicted octanol–water partition coefficient (Wildman–Crippen LogP) is 4.74. The Morgan fingerprint density at radius 1 is 1.33 bits per heavy atom. The van der Waals surface area contributed by atoms with Gasteiger partial charge in [0.1, 0.15) is 5.69 Å². The highest BCUT2D eigenvalue weighted by atomic mass is 16.5. The minimum atomic E-state index is -0.129. The van der Waals surface area contributed by atoms with Gasteiger partial charge in [0, 0.05) is 19.2 Å². The minimum Gasteiger partial charge on any atom is -0.463 e. The number of pyridine rings is 1. The average Bonchev–Trinajstić information content (AvgIpc) is 3.43. The third-order valence-electron chi connectivity index (χ3n) is 5.59. The molecule has 0 aliphatic heterocycles. The maximum atomic E-state index is 13.0. The topological polar surface area (TPSA) is 82.2 Å². The summed E-state index contributed by atoms with van der Waals surface area (Å²) in [6, 6.07) is 5.57. The second-order valence-corrected chi connectivity index (χ2v) is 8.19. The predicted molar refractivity (Wildman–Crippen MR) is 115 cm³/mol. The monoisotopic (exact) mass is 410 g/mol. The Labute approximate surface area is 176 Å². The molecule has 0 spiro atoms. The maximum absolute atomic E-state index is 13.0. The number of nitrogens with one attached hydrogen (secondary N) is 1. The second-order valence-electron chi connectivity index (χ2n) is 8.19. The molecule has 7 nitrogen and oxygen atoms in total. The summed E-state index contributed by atoms with van der Waals surface area (Å²) in [4.78, 5) is 17.7. The van der Waals surface area contributed by atoms with E-state index in [1.165, 1.54) is 19.3 Å². The van der Waals surface area contributed by atoms with E-state index in [9.17, 15) is 4.79 Å². The summed E-state index contributed by atoms with van der Waals surface area (Å²) in [6.07, 6.45) is 10.7. The van der Waals surface area contributed by atoms with E-state index >= 15 is 0 Å². The van der Waals surface area contributed by atoms with Gasteiger partial charge in [-0.05, 0) is 51.3 Å². The molecule has 3 aromatic heterocycles. The number of aromatic nitrogens is 3. The molecule has 0 aromatic carbocycles. The molecule has 1 saturated carbocycles. The molecule has 30 heavy (non-hydrogen) atoms. The lowest BCUT2D eigenvalue weighted by atomic mass is 9.98. The molecule has 0 bridgehead atoms. The number of ether oxygens (including phenoxy) is 1. The van der Waals surface area contributed by atoms with E-state index in [2.05, 4.69) is 10.4 Å². The van der Waals surface area contributed by atoms with Crippen molar-refractivity contribution in [3.05, 3.63) is 36.2 Å². The first-order chi connectivity index (χ1) is 14.6. The zero-order chi connectivity index (χ0) is 20.9. The van der Waals surface area contributed by atoms with Crippen LogP contribution >= 0.6 is 0 Å². The number of nitrogens with zero attached hydrogens (tertiary/aromatic N) is 3. The van der Waals surface area contributed by atoms with Crippen molar-refractivity contribution >= 4 is 16.9 Å². The minimum absolute atomic E-state index is 0.129. The highest BCUT2D eigenvalue weighted by Crippen LogP contribution is 2.26. The Hall–Kier alpha value is -2.67. The fraction of sp³-hybridized carbons (Fsp3) is 0.522. The molecule has 4 rings (SSSR count). The van der Waals surface area contributed by atoms with Crippen molar-refractivity contribution in [1.82, 2.24) is 20.1 Å². The lowest BCUT2D eigenvalue weighted by molar-refractivity contribution is 0.0273. The second kappa shape index (κ2) is 9.43. The Morgan fingerprint density at radius 3 is 2.90 bits per heavy atom. The van der Waals surface area contributed by atoms with E-state index < -0.39 is 0 Å². The summed E-state index contributed by atoms with van der Waals surface area (Å²) >= 11 is 0. The molecule has 0 saturated heterocycles. The highest BCUT2D eigenvalue weighted by molar-refractivity contribution is 6.06. The molecule has 1 aliphatic carbocycles. The number of hydrogen-bond donors (Lipinski definition) is 1. The van der Waals surface area contributed by atoms with Crippen molar-refractivity contribution in [3.8, 4) is 11.5 Å². The van der Waals surface area contributed by atoms with Gasteiger partial charge in [0.05, 0.1) is 29.5 Å². The molecule has 1 fully saturated rings. The Morgan fingerprint density at radius 2 is 2.17 bits per heavy atom. The van der Waals surface area contributed by atoms with E-state index in [4.69, 9.17) is 14.1 Å². The lowest BCUT2D eigenvalue weighted by Gasteiger charge is -2.21. The Kier molecular flexibility index (Phi) is 6.47. The van der Waals surface area contributed by atoms with Crippen molar-refractivity contribution < 1.29 is 13.9 Å². The van der Waals surface area contributed by atoms with Crippen molar-refractivity contribution in [1.29, 1.82) is 0 Å². The summed E-state index contributed by atoms with van der Waals surface area (Å²) in [6.45, 7) is 5.34. The van der Waals surface area contributed by atoms with Crippen molar-refractivity contribution in [2.75, 3.05) is 13.2 Å². The largest absolute Gasteiger partial charge is 0.463 e. The van der Waals surface area contributed by atoms with Crippen LogP contribution in [0.3, 0.4) is 0 Å². The molecule has 7 heteroatoms. The first-order valence-electron chi connectivity index (χ1n) is 11.0. The Balaban J connectivity index is 1.46. The standard InChI is InChI=1S/C23H30N4O3/c1-16(2)27-22-19(15-25-27)18(14-20(26-22)21-10-6-12-30-21)23(28)24-11-7-13-29-17-8-4-3-5-9-17/h6,10,12,14-17H,3-5,7-9,11,13H2,1-2H3,(H,24,28). The summed E-state index contributed by atoms with van der Waals surface area (Å²) in [5.74, 6) is 0.500. The number of rotatable bonds is 8. The van der Waals surface area contributed by atoms with Crippen LogP contribution in [0.25, 0.3) is 22.5 Å². The first-order valence-corrected chi connectivity index (χ1v) is 11.0. The molecule has 3 aromatic rings. The fourth-order valence-corrected chi connectivity index (χ4v) is 3.99. The zero-order valence-electron chi connectivity index (χ0n) is 17.8. The zero-order valence-corrected chi connectivity index (χ0v) is 17.8. The van der Waals surface area contributed by atoms with Crippen LogP contribution in [0, 0.1) is 0 Å². The van der Waals surface area contributed by atoms with Crippen LogP contribution in [-0.2, 0) is 4.74 Å². The fourth-order valence-electron chi connectivity index (χ4n) is 3.99. The molecule has 160 valence electrons. The van der Waals surface area contributed by atoms with E-state index in [-0.39, 0.29) is 11.9 Å². The normalized spacial score (nSPS) is 15.2. The summed E-state index contributed by atoms with van der Waals surface area (Å²) in [7, 11) is 0. The molecular formula is C23H30N4O3. The number of hydrogen-bond acceptors (Lipinski definition) is 5. The van der Waals surface area contributed by atoms with E-state index in [1.54, 1.807) is 18.5 Å². The van der Waals surface area contributed by atoms with Crippen molar-refractivity contribution in [3.63, 3.8) is 0 Å². The maximum Gasteiger partial charge on any atom is 0.252 e. The molecule has 1 aliphatic rings. The van der Waals surface area contributed by atoms with E-state index in [0.29, 0.717) is 41.9 Å². The van der Waals surface area contributed by atoms with Gasteiger partial charge in [-0.2, -0.15) is 5.10 Å². The summed E-state index contributed by atoms with van der Waals surface area (Å²) in [5, 5.41) is 8.22. The smallest absolute Gasteiger partial charge is 0.252 e. The quantitative estimate of drug-likeness (QED) is 0.542. The molecule has 0 atom stereocenters. The van der Waals surface area contributed by atoms with E-state index in [0.717, 1.165) is 24.6 Å². The molecule has 3 heterocycles. The van der Waals surface area contributed by atoms with E-state index in [1.807, 2.05) is 30.7 Å². The van der Waals surface area contributed by atoms with Gasteiger partial charge in [0.15, 0.2) is 11.4 Å². The molecule has 0 radical (unpaired) electrons. The average molecular weight is 411 g/mol. The number of amides is 1. The number of furan rings is 1. The van der Waals surface area contributed by atoms with Gasteiger partial charge in [0.25, 0.3) is 5.91 Å². The van der Waals surface area contributed by atoms with Gasteiger partial charge in [0.2, 0.25) is 0 Å². The third-order valence-corrected chi connectivity index (χ3v) is 5.59. The van der Waals surface area contributed by atoms with Gasteiger partial charge in [-0.1, -0.05) is 19.3 Å². The van der Waals surface area contributed by atoms with Crippen molar-refractivity contribution in [2.24, 2.45) is 0 Å². The molecular weight excluding hydrogens is 380 g/mol. The lowest BCUT2D eigenvalue weighted by Crippen LogP contribution is -2.26. The summed E-state index contributed by atoms with van der Waals surface area (Å²) < 4.78 is 13.3. The number of fused-ring (bicyclic) bond motifs is 1.